The zero-order chi connectivity index (χ0) is 22.7. The number of aromatic nitrogens is 2. The molecule has 1 amide bonds. The number of nitrogens with one attached hydrogen (secondary N) is 2. The molecule has 166 valence electrons. The molecule has 2 N–H and O–H groups in total. The molecule has 1 unspecified atom stereocenters. The molecule has 1 aliphatic heterocycles. The van der Waals surface area contributed by atoms with Crippen molar-refractivity contribution in [2.45, 2.75) is 25.0 Å². The second kappa shape index (κ2) is 9.30. The molecule has 0 saturated carbocycles. The van der Waals surface area contributed by atoms with Crippen LogP contribution < -0.4 is 16.4 Å². The smallest absolute Gasteiger partial charge is 0.408 e. The van der Waals surface area contributed by atoms with E-state index >= 15 is 0 Å². The number of carbonyl (C=O) groups is 1. The fourth-order valence-corrected chi connectivity index (χ4v) is 3.55. The monoisotopic (exact) mass is 439 g/mol. The SMILES string of the molecule is Cn1c(=O)oc2ccc(-c3cc(F)c(C[C@@H](C#N)NC(=O)C4CNCCCO4)cn3)cc21. The molecule has 9 nitrogen and oxygen atoms in total. The van der Waals surface area contributed by atoms with Gasteiger partial charge in [-0.15, -0.1) is 0 Å². The van der Waals surface area contributed by atoms with Crippen molar-refractivity contribution < 1.29 is 18.3 Å². The maximum Gasteiger partial charge on any atom is 0.419 e. The third kappa shape index (κ3) is 4.54. The van der Waals surface area contributed by atoms with Gasteiger partial charge in [0.25, 0.3) is 5.91 Å². The molecule has 10 heteroatoms. The van der Waals surface area contributed by atoms with Gasteiger partial charge in [0.2, 0.25) is 0 Å². The minimum absolute atomic E-state index is 0.0310. The molecule has 0 radical (unpaired) electrons. The number of hydrogen-bond acceptors (Lipinski definition) is 7. The lowest BCUT2D eigenvalue weighted by molar-refractivity contribution is -0.132. The molecule has 3 heterocycles. The van der Waals surface area contributed by atoms with Crippen LogP contribution in [0.25, 0.3) is 22.4 Å². The molecule has 1 aromatic carbocycles. The summed E-state index contributed by atoms with van der Waals surface area (Å²) in [6, 6.07) is 7.35. The number of fused-ring (bicyclic) bond motifs is 1. The molecular formula is C22H22FN5O4. The largest absolute Gasteiger partial charge is 0.419 e. The van der Waals surface area contributed by atoms with Gasteiger partial charge in [0.1, 0.15) is 18.0 Å². The van der Waals surface area contributed by atoms with E-state index in [4.69, 9.17) is 9.15 Å². The zero-order valence-corrected chi connectivity index (χ0v) is 17.4. The van der Waals surface area contributed by atoms with Crippen molar-refractivity contribution in [1.82, 2.24) is 20.2 Å². The molecule has 0 aliphatic carbocycles. The Kier molecular flexibility index (Phi) is 6.30. The average Bonchev–Trinajstić information content (AvgIpc) is 2.97. The Morgan fingerprint density at radius 3 is 3.09 bits per heavy atom. The summed E-state index contributed by atoms with van der Waals surface area (Å²) >= 11 is 0. The number of hydrogen-bond donors (Lipinski definition) is 2. The summed E-state index contributed by atoms with van der Waals surface area (Å²) in [5.74, 6) is -1.44. The Hall–Kier alpha value is -3.55. The van der Waals surface area contributed by atoms with Crippen molar-refractivity contribution in [3.63, 3.8) is 0 Å². The fraction of sp³-hybridized carbons (Fsp3) is 0.364. The van der Waals surface area contributed by atoms with Crippen molar-refractivity contribution in [2.24, 2.45) is 7.05 Å². The lowest BCUT2D eigenvalue weighted by Crippen LogP contribution is -2.46. The first-order valence-electron chi connectivity index (χ1n) is 10.2. The molecule has 3 aromatic rings. The van der Waals surface area contributed by atoms with E-state index in [1.807, 2.05) is 6.07 Å². The van der Waals surface area contributed by atoms with Gasteiger partial charge in [-0.25, -0.2) is 9.18 Å². The molecular weight excluding hydrogens is 417 g/mol. The van der Waals surface area contributed by atoms with Crippen LogP contribution in [0.5, 0.6) is 0 Å². The summed E-state index contributed by atoms with van der Waals surface area (Å²) in [4.78, 5) is 28.4. The number of nitrogens with zero attached hydrogens (tertiary/aromatic N) is 3. The Morgan fingerprint density at radius 1 is 1.47 bits per heavy atom. The fourth-order valence-electron chi connectivity index (χ4n) is 3.55. The number of nitriles is 1. The molecule has 4 rings (SSSR count). The first-order valence-corrected chi connectivity index (χ1v) is 10.2. The minimum Gasteiger partial charge on any atom is -0.408 e. The van der Waals surface area contributed by atoms with Gasteiger partial charge in [0, 0.05) is 50.0 Å². The third-order valence-electron chi connectivity index (χ3n) is 5.35. The second-order valence-electron chi connectivity index (χ2n) is 7.58. The van der Waals surface area contributed by atoms with Gasteiger partial charge in [-0.1, -0.05) is 0 Å². The van der Waals surface area contributed by atoms with Gasteiger partial charge >= 0.3 is 5.76 Å². The van der Waals surface area contributed by atoms with Crippen LogP contribution in [-0.2, 0) is 23.0 Å². The number of pyridine rings is 1. The lowest BCUT2D eigenvalue weighted by Gasteiger charge is -2.18. The minimum atomic E-state index is -0.923. The average molecular weight is 439 g/mol. The van der Waals surface area contributed by atoms with Gasteiger partial charge < -0.3 is 19.8 Å². The maximum absolute atomic E-state index is 14.8. The molecule has 1 saturated heterocycles. The van der Waals surface area contributed by atoms with Crippen LogP contribution in [0.15, 0.2) is 39.7 Å². The van der Waals surface area contributed by atoms with Gasteiger partial charge in [0.15, 0.2) is 5.58 Å². The normalized spacial score (nSPS) is 17.5. The van der Waals surface area contributed by atoms with Gasteiger partial charge in [-0.2, -0.15) is 5.26 Å². The number of benzene rings is 1. The molecule has 0 bridgehead atoms. The second-order valence-corrected chi connectivity index (χ2v) is 7.58. The molecule has 2 atom stereocenters. The van der Waals surface area contributed by atoms with E-state index < -0.39 is 29.6 Å². The number of aryl methyl sites for hydroxylation is 1. The van der Waals surface area contributed by atoms with E-state index in [2.05, 4.69) is 15.6 Å². The number of oxazole rings is 1. The summed E-state index contributed by atoms with van der Waals surface area (Å²) in [6.45, 7) is 1.58. The molecule has 1 fully saturated rings. The summed E-state index contributed by atoms with van der Waals surface area (Å²) in [7, 11) is 1.58. The van der Waals surface area contributed by atoms with Gasteiger partial charge in [-0.3, -0.25) is 14.3 Å². The number of carbonyl (C=O) groups excluding carboxylic acids is 1. The van der Waals surface area contributed by atoms with Crippen LogP contribution in [0.1, 0.15) is 12.0 Å². The topological polar surface area (TPSA) is 122 Å². The molecule has 1 aliphatic rings. The Balaban J connectivity index is 1.49. The predicted molar refractivity (Wildman–Crippen MR) is 113 cm³/mol. The van der Waals surface area contributed by atoms with Crippen molar-refractivity contribution in [2.75, 3.05) is 19.7 Å². The Morgan fingerprint density at radius 2 is 2.31 bits per heavy atom. The van der Waals surface area contributed by atoms with Crippen LogP contribution in [0.3, 0.4) is 0 Å². The molecule has 32 heavy (non-hydrogen) atoms. The van der Waals surface area contributed by atoms with Crippen molar-refractivity contribution in [3.05, 3.63) is 52.4 Å². The third-order valence-corrected chi connectivity index (χ3v) is 5.35. The van der Waals surface area contributed by atoms with E-state index in [1.165, 1.54) is 16.8 Å². The van der Waals surface area contributed by atoms with E-state index in [1.54, 1.807) is 25.2 Å². The van der Waals surface area contributed by atoms with Crippen molar-refractivity contribution in [1.29, 1.82) is 5.26 Å². The van der Waals surface area contributed by atoms with E-state index in [0.717, 1.165) is 13.0 Å². The number of rotatable bonds is 5. The highest BCUT2D eigenvalue weighted by Gasteiger charge is 2.24. The van der Waals surface area contributed by atoms with E-state index in [0.29, 0.717) is 35.5 Å². The Labute approximate surface area is 182 Å². The Bertz CT molecular complexity index is 1240. The first kappa shape index (κ1) is 21.7. The van der Waals surface area contributed by atoms with Crippen LogP contribution >= 0.6 is 0 Å². The van der Waals surface area contributed by atoms with E-state index in [9.17, 15) is 19.2 Å². The van der Waals surface area contributed by atoms with Crippen molar-refractivity contribution in [3.8, 4) is 17.3 Å². The van der Waals surface area contributed by atoms with Gasteiger partial charge in [0.05, 0.1) is 17.3 Å². The standard InChI is InChI=1S/C22H22FN5O4/c1-28-18-8-13(3-4-19(18)32-22(28)30)17-9-16(23)14(11-26-17)7-15(10-24)27-21(29)20-12-25-5-2-6-31-20/h3-4,8-9,11,15,20,25H,2,5-7,12H2,1H3,(H,27,29)/t15-,20?/m0/s1. The summed E-state index contributed by atoms with van der Waals surface area (Å²) in [5.41, 5.74) is 2.19. The number of ether oxygens (including phenoxy) is 1. The van der Waals surface area contributed by atoms with Crippen molar-refractivity contribution >= 4 is 17.0 Å². The highest BCUT2D eigenvalue weighted by molar-refractivity contribution is 5.82. The van der Waals surface area contributed by atoms with Crippen LogP contribution in [0, 0.1) is 17.1 Å². The lowest BCUT2D eigenvalue weighted by atomic mass is 10.1. The van der Waals surface area contributed by atoms with Crippen LogP contribution in [0.2, 0.25) is 0 Å². The zero-order valence-electron chi connectivity index (χ0n) is 17.4. The highest BCUT2D eigenvalue weighted by Crippen LogP contribution is 2.24. The first-order chi connectivity index (χ1) is 15.5. The number of halogens is 1. The van der Waals surface area contributed by atoms with Crippen LogP contribution in [-0.4, -0.2) is 47.3 Å². The van der Waals surface area contributed by atoms with E-state index in [-0.39, 0.29) is 12.0 Å². The summed E-state index contributed by atoms with van der Waals surface area (Å²) < 4.78 is 26.8. The summed E-state index contributed by atoms with van der Waals surface area (Å²) in [5, 5.41) is 15.2. The van der Waals surface area contributed by atoms with Crippen LogP contribution in [0.4, 0.5) is 4.39 Å². The quantitative estimate of drug-likeness (QED) is 0.614. The number of amides is 1. The maximum atomic E-state index is 14.8. The molecule has 0 spiro atoms. The highest BCUT2D eigenvalue weighted by atomic mass is 19.1. The predicted octanol–water partition coefficient (Wildman–Crippen LogP) is 1.26. The van der Waals surface area contributed by atoms with Gasteiger partial charge in [-0.05, 0) is 31.2 Å². The summed E-state index contributed by atoms with van der Waals surface area (Å²) in [6.07, 6.45) is 1.44. The molecule has 2 aromatic heterocycles.